The molecule has 0 atom stereocenters. The largest absolute Gasteiger partial charge is 0.378 e. The summed E-state index contributed by atoms with van der Waals surface area (Å²) in [5.41, 5.74) is 1.84. The van der Waals surface area contributed by atoms with Crippen LogP contribution in [0.5, 0.6) is 0 Å². The molecule has 1 aliphatic heterocycles. The summed E-state index contributed by atoms with van der Waals surface area (Å²) in [6, 6.07) is 8.75. The molecule has 0 saturated carbocycles. The summed E-state index contributed by atoms with van der Waals surface area (Å²) in [5, 5.41) is 2.88. The lowest BCUT2D eigenvalue weighted by molar-refractivity contribution is 0.122. The molecular weight excluding hydrogens is 444 g/mol. The molecule has 0 bridgehead atoms. The number of hydrogen-bond donors (Lipinski definition) is 1. The third kappa shape index (κ3) is 7.65. The van der Waals surface area contributed by atoms with Gasteiger partial charge < -0.3 is 24.8 Å². The summed E-state index contributed by atoms with van der Waals surface area (Å²) in [5.74, 6) is 0.966. The van der Waals surface area contributed by atoms with E-state index in [2.05, 4.69) is 20.2 Å². The molecule has 0 aliphatic carbocycles. The van der Waals surface area contributed by atoms with Crippen LogP contribution in [0.4, 0.5) is 16.3 Å². The van der Waals surface area contributed by atoms with Crippen molar-refractivity contribution < 1.29 is 17.9 Å². The van der Waals surface area contributed by atoms with E-state index < -0.39 is 9.84 Å². The lowest BCUT2D eigenvalue weighted by atomic mass is 10.2. The number of morpholine rings is 1. The molecule has 2 aromatic rings. The van der Waals surface area contributed by atoms with E-state index in [0.29, 0.717) is 55.9 Å². The third-order valence-corrected chi connectivity index (χ3v) is 5.95. The zero-order valence-electron chi connectivity index (χ0n) is 19.6. The molecule has 2 amide bonds. The molecule has 1 aromatic heterocycles. The van der Waals surface area contributed by atoms with Crippen molar-refractivity contribution in [1.82, 2.24) is 19.8 Å². The molecule has 10 nitrogen and oxygen atoms in total. The number of nitrogens with zero attached hydrogens (tertiary/aromatic N) is 5. The van der Waals surface area contributed by atoms with Gasteiger partial charge in [0.05, 0.1) is 24.7 Å². The van der Waals surface area contributed by atoms with Crippen molar-refractivity contribution in [2.75, 3.05) is 77.0 Å². The number of ether oxygens (including phenoxy) is 1. The number of benzene rings is 1. The van der Waals surface area contributed by atoms with Gasteiger partial charge in [0.2, 0.25) is 0 Å². The number of anilines is 2. The maximum absolute atomic E-state index is 12.4. The van der Waals surface area contributed by atoms with Gasteiger partial charge >= 0.3 is 6.03 Å². The van der Waals surface area contributed by atoms with Crippen molar-refractivity contribution in [3.63, 3.8) is 0 Å². The number of nitrogens with one attached hydrogen (secondary N) is 1. The van der Waals surface area contributed by atoms with Crippen LogP contribution in [-0.2, 0) is 20.3 Å². The Labute approximate surface area is 195 Å². The average molecular weight is 477 g/mol. The first kappa shape index (κ1) is 24.9. The van der Waals surface area contributed by atoms with Crippen LogP contribution in [0.25, 0.3) is 11.4 Å². The van der Waals surface area contributed by atoms with Crippen LogP contribution >= 0.6 is 0 Å². The normalized spacial score (nSPS) is 14.4. The van der Waals surface area contributed by atoms with Gasteiger partial charge in [0.1, 0.15) is 5.82 Å². The summed E-state index contributed by atoms with van der Waals surface area (Å²) in [6.07, 6.45) is 1.19. The SMILES string of the molecule is CN(C)CCN(C)C(=O)Nc1ccc(-c2nc(CS(C)(=O)=O)cc(N3CCOCC3)n2)cc1. The van der Waals surface area contributed by atoms with Crippen molar-refractivity contribution in [2.45, 2.75) is 5.75 Å². The first-order valence-corrected chi connectivity index (χ1v) is 12.8. The molecule has 1 aromatic carbocycles. The van der Waals surface area contributed by atoms with Crippen molar-refractivity contribution in [3.05, 3.63) is 36.0 Å². The minimum Gasteiger partial charge on any atom is -0.378 e. The van der Waals surface area contributed by atoms with E-state index in [1.807, 2.05) is 31.1 Å². The van der Waals surface area contributed by atoms with E-state index in [4.69, 9.17) is 4.74 Å². The van der Waals surface area contributed by atoms with E-state index in [1.165, 1.54) is 6.26 Å². The first-order chi connectivity index (χ1) is 15.6. The highest BCUT2D eigenvalue weighted by Gasteiger charge is 2.18. The van der Waals surface area contributed by atoms with E-state index in [1.54, 1.807) is 30.1 Å². The molecule has 3 rings (SSSR count). The molecule has 1 saturated heterocycles. The Morgan fingerprint density at radius 1 is 1.09 bits per heavy atom. The molecule has 0 spiro atoms. The smallest absolute Gasteiger partial charge is 0.321 e. The monoisotopic (exact) mass is 476 g/mol. The van der Waals surface area contributed by atoms with E-state index in [0.717, 1.165) is 12.1 Å². The summed E-state index contributed by atoms with van der Waals surface area (Å²) >= 11 is 0. The molecule has 180 valence electrons. The van der Waals surface area contributed by atoms with Crippen molar-refractivity contribution in [1.29, 1.82) is 0 Å². The maximum Gasteiger partial charge on any atom is 0.321 e. The van der Waals surface area contributed by atoms with Gasteiger partial charge in [0.25, 0.3) is 0 Å². The summed E-state index contributed by atoms with van der Waals surface area (Å²) in [4.78, 5) is 27.3. The fourth-order valence-corrected chi connectivity index (χ4v) is 3.97. The molecule has 2 heterocycles. The highest BCUT2D eigenvalue weighted by atomic mass is 32.2. The maximum atomic E-state index is 12.4. The number of hydrogen-bond acceptors (Lipinski definition) is 8. The number of aromatic nitrogens is 2. The van der Waals surface area contributed by atoms with Crippen LogP contribution in [-0.4, -0.2) is 101 Å². The second-order valence-electron chi connectivity index (χ2n) is 8.44. The standard InChI is InChI=1S/C22H32N6O4S/c1-26(2)9-10-27(3)22(29)24-18-7-5-17(6-8-18)21-23-19(16-33(4,30)31)15-20(25-21)28-11-13-32-14-12-28/h5-8,15H,9-14,16H2,1-4H3,(H,24,29). The van der Waals surface area contributed by atoms with E-state index in [-0.39, 0.29) is 11.8 Å². The summed E-state index contributed by atoms with van der Waals surface area (Å²) in [6.45, 7) is 3.94. The van der Waals surface area contributed by atoms with Crippen LogP contribution in [0.15, 0.2) is 30.3 Å². The first-order valence-electron chi connectivity index (χ1n) is 10.8. The molecule has 0 unspecified atom stereocenters. The van der Waals surface area contributed by atoms with Gasteiger partial charge in [-0.25, -0.2) is 23.2 Å². The Morgan fingerprint density at radius 2 is 1.76 bits per heavy atom. The Balaban J connectivity index is 1.79. The molecule has 1 N–H and O–H groups in total. The molecule has 0 radical (unpaired) electrons. The van der Waals surface area contributed by atoms with Crippen LogP contribution < -0.4 is 10.2 Å². The van der Waals surface area contributed by atoms with Gasteiger partial charge in [-0.2, -0.15) is 0 Å². The van der Waals surface area contributed by atoms with Gasteiger partial charge in [-0.15, -0.1) is 0 Å². The molecular formula is C22H32N6O4S. The van der Waals surface area contributed by atoms with Crippen molar-refractivity contribution in [2.24, 2.45) is 0 Å². The fraction of sp³-hybridized carbons (Fsp3) is 0.500. The van der Waals surface area contributed by atoms with Gasteiger partial charge in [-0.1, -0.05) is 0 Å². The quantitative estimate of drug-likeness (QED) is 0.612. The number of likely N-dealkylation sites (N-methyl/N-ethyl adjacent to an activating group) is 2. The molecule has 1 fully saturated rings. The van der Waals surface area contributed by atoms with Gasteiger partial charge in [0, 0.05) is 56.8 Å². The molecule has 33 heavy (non-hydrogen) atoms. The Bertz CT molecular complexity index is 1050. The van der Waals surface area contributed by atoms with Gasteiger partial charge in [-0.05, 0) is 38.4 Å². The number of carbonyl (C=O) groups excluding carboxylic acids is 1. The van der Waals surface area contributed by atoms with Crippen LogP contribution in [0.3, 0.4) is 0 Å². The summed E-state index contributed by atoms with van der Waals surface area (Å²) in [7, 11) is 2.42. The van der Waals surface area contributed by atoms with Crippen molar-refractivity contribution >= 4 is 27.4 Å². The lowest BCUT2D eigenvalue weighted by Gasteiger charge is -2.28. The summed E-state index contributed by atoms with van der Waals surface area (Å²) < 4.78 is 29.2. The average Bonchev–Trinajstić information content (AvgIpc) is 2.77. The number of sulfone groups is 1. The Kier molecular flexibility index (Phi) is 8.22. The molecule has 1 aliphatic rings. The highest BCUT2D eigenvalue weighted by Crippen LogP contribution is 2.23. The fourth-order valence-electron chi connectivity index (χ4n) is 3.28. The van der Waals surface area contributed by atoms with Crippen LogP contribution in [0.2, 0.25) is 0 Å². The van der Waals surface area contributed by atoms with E-state index >= 15 is 0 Å². The topological polar surface area (TPSA) is 108 Å². The number of rotatable bonds is 8. The Morgan fingerprint density at radius 3 is 2.36 bits per heavy atom. The predicted octanol–water partition coefficient (Wildman–Crippen LogP) is 1.55. The third-order valence-electron chi connectivity index (χ3n) is 5.13. The zero-order chi connectivity index (χ0) is 24.0. The van der Waals surface area contributed by atoms with Gasteiger partial charge in [0.15, 0.2) is 15.7 Å². The van der Waals surface area contributed by atoms with Gasteiger partial charge in [-0.3, -0.25) is 0 Å². The van der Waals surface area contributed by atoms with Crippen molar-refractivity contribution in [3.8, 4) is 11.4 Å². The lowest BCUT2D eigenvalue weighted by Crippen LogP contribution is -2.37. The number of urea groups is 1. The van der Waals surface area contributed by atoms with Crippen LogP contribution in [0.1, 0.15) is 5.69 Å². The Hall–Kier alpha value is -2.76. The molecule has 11 heteroatoms. The number of amides is 2. The van der Waals surface area contributed by atoms with Crippen LogP contribution in [0, 0.1) is 0 Å². The highest BCUT2D eigenvalue weighted by molar-refractivity contribution is 7.89. The minimum absolute atomic E-state index is 0.159. The minimum atomic E-state index is -3.25. The predicted molar refractivity (Wildman–Crippen MR) is 129 cm³/mol. The second kappa shape index (κ2) is 10.9. The zero-order valence-corrected chi connectivity index (χ0v) is 20.4. The number of carbonyl (C=O) groups is 1. The second-order valence-corrected chi connectivity index (χ2v) is 10.6. The van der Waals surface area contributed by atoms with E-state index in [9.17, 15) is 13.2 Å².